The molecular weight excluding hydrogens is 246 g/mol. The molecule has 3 heteroatoms. The van der Waals surface area contributed by atoms with Gasteiger partial charge >= 0.3 is 0 Å². The van der Waals surface area contributed by atoms with E-state index in [1.54, 1.807) is 0 Å². The molecule has 0 aromatic heterocycles. The van der Waals surface area contributed by atoms with Crippen molar-refractivity contribution in [1.29, 1.82) is 0 Å². The summed E-state index contributed by atoms with van der Waals surface area (Å²) in [5.41, 5.74) is 2.65. The lowest BCUT2D eigenvalue weighted by atomic mass is 9.89. The highest BCUT2D eigenvalue weighted by atomic mass is 35.5. The number of hydrogen-bond donors (Lipinski definition) is 1. The molecule has 3 rings (SSSR count). The Morgan fingerprint density at radius 1 is 1.22 bits per heavy atom. The Hall–Kier alpha value is -0.570. The third-order valence-corrected chi connectivity index (χ3v) is 4.49. The van der Waals surface area contributed by atoms with Crippen LogP contribution in [0.3, 0.4) is 0 Å². The van der Waals surface area contributed by atoms with Crippen LogP contribution in [-0.4, -0.2) is 26.3 Å². The molecule has 2 atom stereocenters. The summed E-state index contributed by atoms with van der Waals surface area (Å²) in [5, 5.41) is 4.38. The van der Waals surface area contributed by atoms with Crippen molar-refractivity contribution >= 4 is 11.6 Å². The van der Waals surface area contributed by atoms with Crippen molar-refractivity contribution in [3.8, 4) is 0 Å². The Bertz CT molecular complexity index is 409. The van der Waals surface area contributed by atoms with Gasteiger partial charge in [0, 0.05) is 24.1 Å². The zero-order chi connectivity index (χ0) is 12.4. The Labute approximate surface area is 114 Å². The second kappa shape index (κ2) is 5.60. The first kappa shape index (κ1) is 12.5. The van der Waals surface area contributed by atoms with Gasteiger partial charge in [-0.25, -0.2) is 0 Å². The fourth-order valence-electron chi connectivity index (χ4n) is 3.04. The number of rotatable bonds is 2. The second-order valence-electron chi connectivity index (χ2n) is 5.38. The first-order chi connectivity index (χ1) is 8.84. The van der Waals surface area contributed by atoms with Crippen molar-refractivity contribution in [3.63, 3.8) is 0 Å². The Morgan fingerprint density at radius 3 is 2.83 bits per heavy atom. The lowest BCUT2D eigenvalue weighted by Crippen LogP contribution is -2.28. The molecule has 18 heavy (non-hydrogen) atoms. The van der Waals surface area contributed by atoms with Crippen LogP contribution in [0.1, 0.15) is 42.2 Å². The lowest BCUT2D eigenvalue weighted by Gasteiger charge is -2.24. The SMILES string of the molecule is Clc1cc(C2CCCNC2)ccc1C1CCOC1. The second-order valence-corrected chi connectivity index (χ2v) is 5.79. The van der Waals surface area contributed by atoms with E-state index in [1.165, 1.54) is 24.0 Å². The highest BCUT2D eigenvalue weighted by Crippen LogP contribution is 2.34. The van der Waals surface area contributed by atoms with E-state index in [-0.39, 0.29) is 0 Å². The van der Waals surface area contributed by atoms with Crippen LogP contribution < -0.4 is 5.32 Å². The molecule has 0 spiro atoms. The lowest BCUT2D eigenvalue weighted by molar-refractivity contribution is 0.194. The quantitative estimate of drug-likeness (QED) is 0.886. The van der Waals surface area contributed by atoms with Crippen LogP contribution in [0.5, 0.6) is 0 Å². The van der Waals surface area contributed by atoms with Gasteiger partial charge in [0.05, 0.1) is 6.61 Å². The van der Waals surface area contributed by atoms with E-state index in [9.17, 15) is 0 Å². The van der Waals surface area contributed by atoms with E-state index >= 15 is 0 Å². The normalized spacial score (nSPS) is 28.5. The molecule has 2 fully saturated rings. The highest BCUT2D eigenvalue weighted by molar-refractivity contribution is 6.31. The van der Waals surface area contributed by atoms with Gasteiger partial charge in [-0.3, -0.25) is 0 Å². The third-order valence-electron chi connectivity index (χ3n) is 4.16. The Balaban J connectivity index is 1.79. The maximum atomic E-state index is 6.45. The van der Waals surface area contributed by atoms with Gasteiger partial charge in [0.15, 0.2) is 0 Å². The van der Waals surface area contributed by atoms with Crippen molar-refractivity contribution in [2.75, 3.05) is 26.3 Å². The number of nitrogens with one attached hydrogen (secondary N) is 1. The number of benzene rings is 1. The van der Waals surface area contributed by atoms with Gasteiger partial charge in [-0.2, -0.15) is 0 Å². The minimum absolute atomic E-state index is 0.496. The van der Waals surface area contributed by atoms with Gasteiger partial charge in [0.25, 0.3) is 0 Å². The van der Waals surface area contributed by atoms with E-state index in [1.807, 2.05) is 0 Å². The van der Waals surface area contributed by atoms with Crippen LogP contribution in [-0.2, 0) is 4.74 Å². The number of ether oxygens (including phenoxy) is 1. The molecule has 0 radical (unpaired) electrons. The summed E-state index contributed by atoms with van der Waals surface area (Å²) in [6.07, 6.45) is 3.64. The average Bonchev–Trinajstić information content (AvgIpc) is 2.93. The maximum absolute atomic E-state index is 6.45. The van der Waals surface area contributed by atoms with Crippen molar-refractivity contribution in [2.45, 2.75) is 31.1 Å². The number of halogens is 1. The molecule has 2 aliphatic heterocycles. The van der Waals surface area contributed by atoms with Crippen LogP contribution in [0.2, 0.25) is 5.02 Å². The summed E-state index contributed by atoms with van der Waals surface area (Å²) in [6.45, 7) is 3.93. The molecule has 0 bridgehead atoms. The van der Waals surface area contributed by atoms with Gasteiger partial charge in [0.2, 0.25) is 0 Å². The van der Waals surface area contributed by atoms with Gasteiger partial charge in [-0.05, 0) is 48.9 Å². The fourth-order valence-corrected chi connectivity index (χ4v) is 3.39. The predicted molar refractivity (Wildman–Crippen MR) is 74.5 cm³/mol. The van der Waals surface area contributed by atoms with Crippen molar-refractivity contribution in [2.24, 2.45) is 0 Å². The summed E-state index contributed by atoms with van der Waals surface area (Å²) in [7, 11) is 0. The molecular formula is C15H20ClNO. The summed E-state index contributed by atoms with van der Waals surface area (Å²) < 4.78 is 5.44. The van der Waals surface area contributed by atoms with E-state index in [2.05, 4.69) is 23.5 Å². The van der Waals surface area contributed by atoms with Gasteiger partial charge in [0.1, 0.15) is 0 Å². The van der Waals surface area contributed by atoms with Gasteiger partial charge < -0.3 is 10.1 Å². The molecule has 0 amide bonds. The largest absolute Gasteiger partial charge is 0.381 e. The number of hydrogen-bond acceptors (Lipinski definition) is 2. The first-order valence-electron chi connectivity index (χ1n) is 6.92. The molecule has 2 heterocycles. The van der Waals surface area contributed by atoms with Gasteiger partial charge in [-0.15, -0.1) is 0 Å². The molecule has 2 nitrogen and oxygen atoms in total. The van der Waals surface area contributed by atoms with Crippen LogP contribution in [0.15, 0.2) is 18.2 Å². The van der Waals surface area contributed by atoms with Crippen LogP contribution in [0.4, 0.5) is 0 Å². The van der Waals surface area contributed by atoms with Crippen molar-refractivity contribution in [3.05, 3.63) is 34.3 Å². The summed E-state index contributed by atoms with van der Waals surface area (Å²) in [6, 6.07) is 6.65. The molecule has 1 N–H and O–H groups in total. The summed E-state index contributed by atoms with van der Waals surface area (Å²) in [4.78, 5) is 0. The molecule has 1 aromatic carbocycles. The number of piperidine rings is 1. The minimum atomic E-state index is 0.496. The topological polar surface area (TPSA) is 21.3 Å². The molecule has 2 aliphatic rings. The molecule has 1 aromatic rings. The molecule has 2 saturated heterocycles. The molecule has 0 saturated carbocycles. The van der Waals surface area contributed by atoms with E-state index < -0.39 is 0 Å². The fraction of sp³-hybridized carbons (Fsp3) is 0.600. The predicted octanol–water partition coefficient (Wildman–Crippen LogP) is 3.31. The Morgan fingerprint density at radius 2 is 2.17 bits per heavy atom. The summed E-state index contributed by atoms with van der Waals surface area (Å²) in [5.74, 6) is 1.13. The third kappa shape index (κ3) is 2.56. The van der Waals surface area contributed by atoms with E-state index in [0.29, 0.717) is 11.8 Å². The van der Waals surface area contributed by atoms with Gasteiger partial charge in [-0.1, -0.05) is 23.7 Å². The first-order valence-corrected chi connectivity index (χ1v) is 7.30. The van der Waals surface area contributed by atoms with Crippen LogP contribution >= 0.6 is 11.6 Å². The van der Waals surface area contributed by atoms with Crippen molar-refractivity contribution < 1.29 is 4.74 Å². The Kier molecular flexibility index (Phi) is 3.88. The molecule has 0 aliphatic carbocycles. The molecule has 98 valence electrons. The van der Waals surface area contributed by atoms with E-state index in [4.69, 9.17) is 16.3 Å². The summed E-state index contributed by atoms with van der Waals surface area (Å²) >= 11 is 6.45. The zero-order valence-corrected chi connectivity index (χ0v) is 11.4. The zero-order valence-electron chi connectivity index (χ0n) is 10.6. The standard InChI is InChI=1S/C15H20ClNO/c16-15-8-11(12-2-1-6-17-9-12)3-4-14(15)13-5-7-18-10-13/h3-4,8,12-13,17H,1-2,5-7,9-10H2. The highest BCUT2D eigenvalue weighted by Gasteiger charge is 2.22. The van der Waals surface area contributed by atoms with Crippen LogP contribution in [0, 0.1) is 0 Å². The van der Waals surface area contributed by atoms with Crippen molar-refractivity contribution in [1.82, 2.24) is 5.32 Å². The average molecular weight is 266 g/mol. The maximum Gasteiger partial charge on any atom is 0.0536 e. The van der Waals surface area contributed by atoms with Crippen LogP contribution in [0.25, 0.3) is 0 Å². The monoisotopic (exact) mass is 265 g/mol. The smallest absolute Gasteiger partial charge is 0.0536 e. The van der Waals surface area contributed by atoms with E-state index in [0.717, 1.165) is 37.7 Å². The molecule has 2 unspecified atom stereocenters. The minimum Gasteiger partial charge on any atom is -0.381 e.